The van der Waals surface area contributed by atoms with Crippen LogP contribution < -0.4 is 9.88 Å². The smallest absolute Gasteiger partial charge is 0.416 e. The van der Waals surface area contributed by atoms with Crippen molar-refractivity contribution in [2.45, 2.75) is 11.1 Å². The number of alkyl halides is 3. The normalized spacial score (nSPS) is 12.3. The van der Waals surface area contributed by atoms with Crippen molar-refractivity contribution in [2.24, 2.45) is 5.14 Å². The van der Waals surface area contributed by atoms with Gasteiger partial charge in [-0.05, 0) is 54.1 Å². The first-order valence-corrected chi connectivity index (χ1v) is 11.8. The van der Waals surface area contributed by atoms with Crippen molar-refractivity contribution in [3.63, 3.8) is 0 Å². The molecule has 0 fully saturated rings. The predicted molar refractivity (Wildman–Crippen MR) is 118 cm³/mol. The van der Waals surface area contributed by atoms with Crippen LogP contribution in [0.1, 0.15) is 5.56 Å². The van der Waals surface area contributed by atoms with Gasteiger partial charge in [0.1, 0.15) is 11.3 Å². The maximum Gasteiger partial charge on any atom is 0.416 e. The minimum atomic E-state index is -4.69. The molecule has 32 heavy (non-hydrogen) atoms. The van der Waals surface area contributed by atoms with Crippen LogP contribution in [0.4, 0.5) is 13.2 Å². The fraction of sp³-hybridized carbons (Fsp3) is 0.0500. The van der Waals surface area contributed by atoms with Gasteiger partial charge in [-0.15, -0.1) is 0 Å². The third-order valence-corrected chi connectivity index (χ3v) is 6.74. The quantitative estimate of drug-likeness (QED) is 0.324. The molecule has 3 aromatic carbocycles. The molecular weight excluding hydrogens is 508 g/mol. The van der Waals surface area contributed by atoms with Crippen molar-refractivity contribution in [3.8, 4) is 22.1 Å². The summed E-state index contributed by atoms with van der Waals surface area (Å²) < 4.78 is 70.2. The molecule has 0 aliphatic carbocycles. The van der Waals surface area contributed by atoms with Gasteiger partial charge < -0.3 is 4.74 Å². The molecule has 166 valence electrons. The van der Waals surface area contributed by atoms with Crippen LogP contribution in [-0.4, -0.2) is 13.4 Å². The highest BCUT2D eigenvalue weighted by atomic mass is 35.5. The van der Waals surface area contributed by atoms with Crippen LogP contribution in [0.25, 0.3) is 21.3 Å². The number of primary sulfonamides is 1. The Bertz CT molecular complexity index is 1450. The lowest BCUT2D eigenvalue weighted by Gasteiger charge is -2.14. The number of rotatable bonds is 4. The molecule has 0 saturated carbocycles. The van der Waals surface area contributed by atoms with Crippen LogP contribution in [-0.2, 0) is 16.2 Å². The van der Waals surface area contributed by atoms with E-state index in [1.165, 1.54) is 29.5 Å². The highest BCUT2D eigenvalue weighted by Gasteiger charge is 2.32. The Morgan fingerprint density at radius 3 is 2.44 bits per heavy atom. The number of aromatic nitrogens is 1. The summed E-state index contributed by atoms with van der Waals surface area (Å²) in [6.07, 6.45) is -4.69. The molecule has 4 aromatic rings. The topological polar surface area (TPSA) is 82.3 Å². The number of para-hydroxylation sites is 1. The van der Waals surface area contributed by atoms with Crippen LogP contribution in [0.15, 0.2) is 59.5 Å². The summed E-state index contributed by atoms with van der Waals surface area (Å²) in [4.78, 5) is 3.82. The van der Waals surface area contributed by atoms with E-state index in [1.54, 1.807) is 18.2 Å². The monoisotopic (exact) mass is 518 g/mol. The van der Waals surface area contributed by atoms with Crippen LogP contribution in [0.3, 0.4) is 0 Å². The van der Waals surface area contributed by atoms with E-state index in [-0.39, 0.29) is 27.1 Å². The number of fused-ring (bicyclic) bond motifs is 1. The second-order valence-electron chi connectivity index (χ2n) is 6.60. The van der Waals surface area contributed by atoms with Crippen molar-refractivity contribution in [3.05, 3.63) is 70.2 Å². The van der Waals surface area contributed by atoms with Crippen molar-refractivity contribution >= 4 is 54.8 Å². The highest BCUT2D eigenvalue weighted by Crippen LogP contribution is 2.39. The number of ether oxygens (including phenoxy) is 1. The summed E-state index contributed by atoms with van der Waals surface area (Å²) in [5.74, 6) is 0.139. The standard InChI is InChI=1S/C20H11Cl2F3N2O3S2/c21-12-6-10(14-8-11(20(23,24)25)4-5-17(14)32(26,28)29)7-13(9-12)30-19-27-18-15(22)2-1-3-16(18)31-19/h1-9H,(H2,26,28,29). The zero-order chi connectivity index (χ0) is 23.3. The van der Waals surface area contributed by atoms with E-state index >= 15 is 0 Å². The Labute approximate surface area is 194 Å². The van der Waals surface area contributed by atoms with E-state index in [4.69, 9.17) is 33.1 Å². The SMILES string of the molecule is NS(=O)(=O)c1ccc(C(F)(F)F)cc1-c1cc(Cl)cc(Oc2nc3c(Cl)cccc3s2)c1. The average Bonchev–Trinajstić information content (AvgIpc) is 3.09. The molecule has 0 saturated heterocycles. The average molecular weight is 519 g/mol. The fourth-order valence-electron chi connectivity index (χ4n) is 3.00. The molecule has 0 aliphatic rings. The molecule has 0 bridgehead atoms. The third-order valence-electron chi connectivity index (χ3n) is 4.35. The lowest BCUT2D eigenvalue weighted by molar-refractivity contribution is -0.137. The second-order valence-corrected chi connectivity index (χ2v) is 9.96. The van der Waals surface area contributed by atoms with E-state index in [1.807, 2.05) is 0 Å². The van der Waals surface area contributed by atoms with Crippen molar-refractivity contribution < 1.29 is 26.3 Å². The molecular formula is C20H11Cl2F3N2O3S2. The van der Waals surface area contributed by atoms with Crippen LogP contribution in [0.5, 0.6) is 10.9 Å². The van der Waals surface area contributed by atoms with Gasteiger partial charge in [0.05, 0.1) is 20.2 Å². The van der Waals surface area contributed by atoms with Crippen molar-refractivity contribution in [1.29, 1.82) is 0 Å². The van der Waals surface area contributed by atoms with Gasteiger partial charge in [-0.3, -0.25) is 0 Å². The summed E-state index contributed by atoms with van der Waals surface area (Å²) in [5.41, 5.74) is -0.697. The number of hydrogen-bond acceptors (Lipinski definition) is 5. The van der Waals surface area contributed by atoms with Crippen molar-refractivity contribution in [2.75, 3.05) is 0 Å². The third kappa shape index (κ3) is 4.69. The Hall–Kier alpha value is -2.37. The molecule has 5 nitrogen and oxygen atoms in total. The predicted octanol–water partition coefficient (Wildman–Crippen LogP) is 6.73. The molecule has 1 heterocycles. The Kier molecular flexibility index (Phi) is 5.84. The molecule has 12 heteroatoms. The molecule has 0 radical (unpaired) electrons. The number of thiazole rings is 1. The highest BCUT2D eigenvalue weighted by molar-refractivity contribution is 7.89. The Balaban J connectivity index is 1.82. The van der Waals surface area contributed by atoms with Gasteiger partial charge in [-0.2, -0.15) is 13.2 Å². The number of halogens is 5. The van der Waals surface area contributed by atoms with Gasteiger partial charge in [0.15, 0.2) is 0 Å². The summed E-state index contributed by atoms with van der Waals surface area (Å²) >= 11 is 13.5. The van der Waals surface area contributed by atoms with Crippen LogP contribution in [0, 0.1) is 0 Å². The van der Waals surface area contributed by atoms with Crippen LogP contribution in [0.2, 0.25) is 10.0 Å². The number of benzene rings is 3. The van der Waals surface area contributed by atoms with E-state index in [9.17, 15) is 21.6 Å². The first-order valence-electron chi connectivity index (χ1n) is 8.70. The minimum absolute atomic E-state index is 0.0711. The van der Waals surface area contributed by atoms with Crippen LogP contribution >= 0.6 is 34.5 Å². The lowest BCUT2D eigenvalue weighted by Crippen LogP contribution is -2.15. The number of hydrogen-bond donors (Lipinski definition) is 1. The number of sulfonamides is 1. The van der Waals surface area contributed by atoms with Crippen molar-refractivity contribution in [1.82, 2.24) is 4.98 Å². The summed E-state index contributed by atoms with van der Waals surface area (Å²) in [7, 11) is -4.33. The first-order chi connectivity index (χ1) is 14.9. The molecule has 1 aromatic heterocycles. The molecule has 0 aliphatic heterocycles. The zero-order valence-corrected chi connectivity index (χ0v) is 18.8. The molecule has 0 unspecified atom stereocenters. The van der Waals surface area contributed by atoms with Gasteiger partial charge in [0, 0.05) is 10.6 Å². The fourth-order valence-corrected chi connectivity index (χ4v) is 5.10. The van der Waals surface area contributed by atoms with E-state index in [0.29, 0.717) is 22.7 Å². The van der Waals surface area contributed by atoms with Gasteiger partial charge in [-0.25, -0.2) is 18.5 Å². The molecule has 0 atom stereocenters. The zero-order valence-electron chi connectivity index (χ0n) is 15.7. The number of nitrogens with two attached hydrogens (primary N) is 1. The van der Waals surface area contributed by atoms with Gasteiger partial charge in [-0.1, -0.05) is 40.6 Å². The van der Waals surface area contributed by atoms with E-state index in [2.05, 4.69) is 4.98 Å². The molecule has 0 amide bonds. The second kappa shape index (κ2) is 8.20. The maximum atomic E-state index is 13.2. The molecule has 4 rings (SSSR count). The van der Waals surface area contributed by atoms with E-state index < -0.39 is 26.7 Å². The Morgan fingerprint density at radius 1 is 1.03 bits per heavy atom. The Morgan fingerprint density at radius 2 is 1.78 bits per heavy atom. The minimum Gasteiger partial charge on any atom is -0.431 e. The summed E-state index contributed by atoms with van der Waals surface area (Å²) in [5, 5.41) is 5.97. The largest absolute Gasteiger partial charge is 0.431 e. The van der Waals surface area contributed by atoms with Gasteiger partial charge >= 0.3 is 6.18 Å². The molecule has 2 N–H and O–H groups in total. The number of nitrogens with zero attached hydrogens (tertiary/aromatic N) is 1. The summed E-state index contributed by atoms with van der Waals surface area (Å²) in [6, 6.07) is 11.5. The summed E-state index contributed by atoms with van der Waals surface area (Å²) in [6.45, 7) is 0. The maximum absolute atomic E-state index is 13.2. The van der Waals surface area contributed by atoms with Gasteiger partial charge in [0.2, 0.25) is 10.0 Å². The first kappa shape index (κ1) is 22.8. The van der Waals surface area contributed by atoms with E-state index in [0.717, 1.165) is 10.8 Å². The lowest BCUT2D eigenvalue weighted by atomic mass is 10.0. The van der Waals surface area contributed by atoms with Gasteiger partial charge in [0.25, 0.3) is 5.19 Å². The molecule has 0 spiro atoms.